The second-order valence-corrected chi connectivity index (χ2v) is 6.16. The van der Waals surface area contributed by atoms with Gasteiger partial charge in [0.25, 0.3) is 0 Å². The van der Waals surface area contributed by atoms with Crippen molar-refractivity contribution in [2.75, 3.05) is 0 Å². The fraction of sp³-hybridized carbons (Fsp3) is 1.00. The normalized spacial score (nSPS) is 30.0. The summed E-state index contributed by atoms with van der Waals surface area (Å²) >= 11 is 0. The molecule has 0 saturated heterocycles. The first kappa shape index (κ1) is 13.1. The molecule has 1 aliphatic carbocycles. The summed E-state index contributed by atoms with van der Waals surface area (Å²) in [5.74, 6) is 3.75. The first-order valence-electron chi connectivity index (χ1n) is 7.13. The summed E-state index contributed by atoms with van der Waals surface area (Å²) in [6.07, 6.45) is 10.4. The molecule has 0 aromatic heterocycles. The lowest BCUT2D eigenvalue weighted by Gasteiger charge is -2.33. The molecule has 0 spiro atoms. The van der Waals surface area contributed by atoms with Gasteiger partial charge in [0.2, 0.25) is 0 Å². The molecule has 0 aromatic rings. The first-order chi connectivity index (χ1) is 7.13. The van der Waals surface area contributed by atoms with Gasteiger partial charge in [0.05, 0.1) is 0 Å². The summed E-state index contributed by atoms with van der Waals surface area (Å²) < 4.78 is 0. The fourth-order valence-electron chi connectivity index (χ4n) is 3.37. The van der Waals surface area contributed by atoms with Gasteiger partial charge in [-0.2, -0.15) is 0 Å². The van der Waals surface area contributed by atoms with Crippen LogP contribution in [-0.4, -0.2) is 0 Å². The Bertz CT molecular complexity index is 139. The maximum Gasteiger partial charge on any atom is -0.0360 e. The zero-order valence-corrected chi connectivity index (χ0v) is 11.3. The Morgan fingerprint density at radius 1 is 0.600 bits per heavy atom. The predicted molar refractivity (Wildman–Crippen MR) is 69.0 cm³/mol. The van der Waals surface area contributed by atoms with E-state index >= 15 is 0 Å². The van der Waals surface area contributed by atoms with Gasteiger partial charge in [0.15, 0.2) is 0 Å². The van der Waals surface area contributed by atoms with Crippen molar-refractivity contribution in [3.8, 4) is 0 Å². The lowest BCUT2D eigenvalue weighted by molar-refractivity contribution is 0.171. The van der Waals surface area contributed by atoms with Crippen molar-refractivity contribution in [1.29, 1.82) is 0 Å². The van der Waals surface area contributed by atoms with E-state index in [4.69, 9.17) is 0 Å². The van der Waals surface area contributed by atoms with Gasteiger partial charge in [-0.25, -0.2) is 0 Å². The van der Waals surface area contributed by atoms with Crippen molar-refractivity contribution in [3.05, 3.63) is 0 Å². The molecule has 0 aromatic carbocycles. The van der Waals surface area contributed by atoms with Crippen molar-refractivity contribution >= 4 is 0 Å². The smallest absolute Gasteiger partial charge is 0.0360 e. The highest BCUT2D eigenvalue weighted by atomic mass is 14.3. The topological polar surface area (TPSA) is 0 Å². The number of hydrogen-bond donors (Lipinski definition) is 0. The summed E-state index contributed by atoms with van der Waals surface area (Å²) in [6.45, 7) is 9.71. The van der Waals surface area contributed by atoms with Crippen LogP contribution < -0.4 is 0 Å². The molecule has 0 radical (unpaired) electrons. The molecule has 15 heavy (non-hydrogen) atoms. The molecule has 0 N–H and O–H groups in total. The van der Waals surface area contributed by atoms with E-state index in [0.29, 0.717) is 0 Å². The predicted octanol–water partition coefficient (Wildman–Crippen LogP) is 5.28. The standard InChI is InChI=1S/C15H30/c1-12(2)14-10-8-6-5-7-9-11-15(14)13(3)4/h12-15H,5-11H2,1-4H3. The van der Waals surface area contributed by atoms with E-state index in [2.05, 4.69) is 27.7 Å². The molecular weight excluding hydrogens is 180 g/mol. The van der Waals surface area contributed by atoms with E-state index in [1.165, 1.54) is 44.9 Å². The molecule has 1 saturated carbocycles. The summed E-state index contributed by atoms with van der Waals surface area (Å²) in [7, 11) is 0. The SMILES string of the molecule is CC(C)C1CCCCCCCC1C(C)C. The van der Waals surface area contributed by atoms with Gasteiger partial charge >= 0.3 is 0 Å². The molecule has 0 heteroatoms. The third-order valence-corrected chi connectivity index (χ3v) is 4.34. The van der Waals surface area contributed by atoms with E-state index in [1.807, 2.05) is 0 Å². The Labute approximate surface area is 96.8 Å². The van der Waals surface area contributed by atoms with Gasteiger partial charge in [-0.1, -0.05) is 59.8 Å². The number of rotatable bonds is 2. The summed E-state index contributed by atoms with van der Waals surface area (Å²) in [5, 5.41) is 0. The van der Waals surface area contributed by atoms with Crippen molar-refractivity contribution in [2.45, 2.75) is 72.6 Å². The van der Waals surface area contributed by atoms with Crippen LogP contribution in [0.5, 0.6) is 0 Å². The summed E-state index contributed by atoms with van der Waals surface area (Å²) in [5.41, 5.74) is 0. The second kappa shape index (κ2) is 6.55. The molecule has 0 aliphatic heterocycles. The Morgan fingerprint density at radius 3 is 1.27 bits per heavy atom. The number of hydrogen-bond acceptors (Lipinski definition) is 0. The molecule has 1 rings (SSSR count). The van der Waals surface area contributed by atoms with Gasteiger partial charge in [-0.3, -0.25) is 0 Å². The Kier molecular flexibility index (Phi) is 5.71. The molecule has 0 nitrogen and oxygen atoms in total. The first-order valence-corrected chi connectivity index (χ1v) is 7.13. The van der Waals surface area contributed by atoms with E-state index in [0.717, 1.165) is 23.7 Å². The Hall–Kier alpha value is 0. The molecule has 0 amide bonds. The van der Waals surface area contributed by atoms with Crippen LogP contribution in [0.3, 0.4) is 0 Å². The lowest BCUT2D eigenvalue weighted by Crippen LogP contribution is -2.24. The van der Waals surface area contributed by atoms with E-state index < -0.39 is 0 Å². The molecule has 1 aliphatic rings. The van der Waals surface area contributed by atoms with Crippen LogP contribution in [0.15, 0.2) is 0 Å². The molecular formula is C15H30. The van der Waals surface area contributed by atoms with E-state index in [9.17, 15) is 0 Å². The zero-order valence-electron chi connectivity index (χ0n) is 11.3. The fourth-order valence-corrected chi connectivity index (χ4v) is 3.37. The van der Waals surface area contributed by atoms with Crippen LogP contribution in [0.4, 0.5) is 0 Å². The average molecular weight is 210 g/mol. The van der Waals surface area contributed by atoms with Gasteiger partial charge in [0, 0.05) is 0 Å². The average Bonchev–Trinajstić information content (AvgIpc) is 2.27. The van der Waals surface area contributed by atoms with Crippen LogP contribution in [0.25, 0.3) is 0 Å². The minimum Gasteiger partial charge on any atom is -0.0625 e. The monoisotopic (exact) mass is 210 g/mol. The van der Waals surface area contributed by atoms with E-state index in [-0.39, 0.29) is 0 Å². The molecule has 1 fully saturated rings. The van der Waals surface area contributed by atoms with Gasteiger partial charge in [-0.15, -0.1) is 0 Å². The molecule has 2 atom stereocenters. The van der Waals surface area contributed by atoms with Crippen LogP contribution in [-0.2, 0) is 0 Å². The zero-order chi connectivity index (χ0) is 11.3. The molecule has 0 heterocycles. The van der Waals surface area contributed by atoms with Gasteiger partial charge in [-0.05, 0) is 36.5 Å². The Balaban J connectivity index is 2.63. The van der Waals surface area contributed by atoms with Crippen molar-refractivity contribution in [2.24, 2.45) is 23.7 Å². The summed E-state index contributed by atoms with van der Waals surface area (Å²) in [4.78, 5) is 0. The van der Waals surface area contributed by atoms with Crippen LogP contribution in [0.1, 0.15) is 72.6 Å². The quantitative estimate of drug-likeness (QED) is 0.582. The summed E-state index contributed by atoms with van der Waals surface area (Å²) in [6, 6.07) is 0. The third-order valence-electron chi connectivity index (χ3n) is 4.34. The molecule has 0 bridgehead atoms. The van der Waals surface area contributed by atoms with Gasteiger partial charge < -0.3 is 0 Å². The molecule has 2 unspecified atom stereocenters. The van der Waals surface area contributed by atoms with Crippen molar-refractivity contribution < 1.29 is 0 Å². The highest BCUT2D eigenvalue weighted by molar-refractivity contribution is 4.77. The second-order valence-electron chi connectivity index (χ2n) is 6.16. The van der Waals surface area contributed by atoms with Crippen LogP contribution in [0, 0.1) is 23.7 Å². The van der Waals surface area contributed by atoms with E-state index in [1.54, 1.807) is 0 Å². The lowest BCUT2D eigenvalue weighted by atomic mass is 9.73. The minimum absolute atomic E-state index is 0.885. The largest absolute Gasteiger partial charge is 0.0625 e. The van der Waals surface area contributed by atoms with Crippen LogP contribution in [0.2, 0.25) is 0 Å². The molecule has 90 valence electrons. The highest BCUT2D eigenvalue weighted by Crippen LogP contribution is 2.36. The maximum atomic E-state index is 2.43. The highest BCUT2D eigenvalue weighted by Gasteiger charge is 2.26. The maximum absolute atomic E-state index is 2.43. The van der Waals surface area contributed by atoms with Crippen molar-refractivity contribution in [3.63, 3.8) is 0 Å². The minimum atomic E-state index is 0.885. The van der Waals surface area contributed by atoms with Crippen LogP contribution >= 0.6 is 0 Å². The van der Waals surface area contributed by atoms with Crippen molar-refractivity contribution in [1.82, 2.24) is 0 Å². The Morgan fingerprint density at radius 2 is 0.933 bits per heavy atom. The van der Waals surface area contributed by atoms with Gasteiger partial charge in [0.1, 0.15) is 0 Å². The third kappa shape index (κ3) is 4.17.